The van der Waals surface area contributed by atoms with Gasteiger partial charge in [-0.25, -0.2) is 13.4 Å². The number of nitrogens with one attached hydrogen (secondary N) is 1. The predicted molar refractivity (Wildman–Crippen MR) is 74.5 cm³/mol. The number of hydrogen-bond donors (Lipinski definition) is 2. The number of nitrogens with zero attached hydrogens (tertiary/aromatic N) is 2. The van der Waals surface area contributed by atoms with E-state index in [2.05, 4.69) is 10.3 Å². The Morgan fingerprint density at radius 1 is 1.47 bits per heavy atom. The van der Waals surface area contributed by atoms with Gasteiger partial charge in [-0.15, -0.1) is 0 Å². The molecule has 0 aliphatic carbocycles. The fourth-order valence-corrected chi connectivity index (χ4v) is 3.14. The lowest BCUT2D eigenvalue weighted by molar-refractivity contribution is 0.0640. The molecule has 0 unspecified atom stereocenters. The molecule has 19 heavy (non-hydrogen) atoms. The average Bonchev–Trinajstić information content (AvgIpc) is 2.27. The van der Waals surface area contributed by atoms with Crippen LogP contribution in [0.1, 0.15) is 20.8 Å². The molecule has 0 spiro atoms. The summed E-state index contributed by atoms with van der Waals surface area (Å²) < 4.78 is 26.0. The van der Waals surface area contributed by atoms with Gasteiger partial charge in [0, 0.05) is 26.3 Å². The zero-order valence-corrected chi connectivity index (χ0v) is 12.5. The van der Waals surface area contributed by atoms with E-state index in [0.717, 1.165) is 4.31 Å². The molecule has 6 nitrogen and oxygen atoms in total. The van der Waals surface area contributed by atoms with E-state index in [0.29, 0.717) is 12.4 Å². The Balaban J connectivity index is 3.13. The van der Waals surface area contributed by atoms with Crippen molar-refractivity contribution in [3.8, 4) is 0 Å². The van der Waals surface area contributed by atoms with Crippen molar-refractivity contribution < 1.29 is 13.5 Å². The Morgan fingerprint density at radius 2 is 2.11 bits per heavy atom. The maximum atomic E-state index is 12.4. The van der Waals surface area contributed by atoms with Crippen LogP contribution < -0.4 is 5.32 Å². The molecule has 108 valence electrons. The van der Waals surface area contributed by atoms with Gasteiger partial charge in [0.25, 0.3) is 0 Å². The van der Waals surface area contributed by atoms with Gasteiger partial charge in [0.15, 0.2) is 0 Å². The average molecular weight is 287 g/mol. The Hall–Kier alpha value is -1.18. The summed E-state index contributed by atoms with van der Waals surface area (Å²) >= 11 is 0. The highest BCUT2D eigenvalue weighted by Gasteiger charge is 2.28. The van der Waals surface area contributed by atoms with Crippen LogP contribution in [-0.2, 0) is 10.0 Å². The van der Waals surface area contributed by atoms with Crippen LogP contribution in [0.5, 0.6) is 0 Å². The van der Waals surface area contributed by atoms with Crippen molar-refractivity contribution in [2.24, 2.45) is 0 Å². The molecule has 0 radical (unpaired) electrons. The number of aliphatic hydroxyl groups is 1. The molecule has 0 atom stereocenters. The lowest BCUT2D eigenvalue weighted by atomic mass is 10.1. The molecular weight excluding hydrogens is 266 g/mol. The first kappa shape index (κ1) is 15.9. The summed E-state index contributed by atoms with van der Waals surface area (Å²) in [6.45, 7) is 5.58. The van der Waals surface area contributed by atoms with Crippen LogP contribution in [0.15, 0.2) is 23.2 Å². The molecule has 1 heterocycles. The molecule has 0 aliphatic heterocycles. The molecule has 2 N–H and O–H groups in total. The van der Waals surface area contributed by atoms with Crippen molar-refractivity contribution in [3.63, 3.8) is 0 Å². The Labute approximate surface area is 114 Å². The third kappa shape index (κ3) is 4.15. The highest BCUT2D eigenvalue weighted by molar-refractivity contribution is 7.89. The summed E-state index contributed by atoms with van der Waals surface area (Å²) in [4.78, 5) is 4.15. The van der Waals surface area contributed by atoms with Gasteiger partial charge in [-0.1, -0.05) is 0 Å². The molecule has 1 aromatic rings. The van der Waals surface area contributed by atoms with Crippen LogP contribution in [0.3, 0.4) is 0 Å². The summed E-state index contributed by atoms with van der Waals surface area (Å²) in [5.41, 5.74) is -1.09. The van der Waals surface area contributed by atoms with Crippen LogP contribution in [0.25, 0.3) is 0 Å². The van der Waals surface area contributed by atoms with Crippen LogP contribution in [0.4, 0.5) is 5.82 Å². The Bertz CT molecular complexity index is 523. The Kier molecular flexibility index (Phi) is 4.89. The third-order valence-electron chi connectivity index (χ3n) is 2.41. The molecular formula is C12H21N3O3S. The van der Waals surface area contributed by atoms with Gasteiger partial charge in [0.2, 0.25) is 10.0 Å². The highest BCUT2D eigenvalue weighted by atomic mass is 32.2. The number of sulfonamides is 1. The van der Waals surface area contributed by atoms with Gasteiger partial charge in [-0.05, 0) is 32.9 Å². The monoisotopic (exact) mass is 287 g/mol. The van der Waals surface area contributed by atoms with Crippen molar-refractivity contribution in [2.75, 3.05) is 25.5 Å². The van der Waals surface area contributed by atoms with Crippen LogP contribution in [0.2, 0.25) is 0 Å². The molecule has 0 bridgehead atoms. The van der Waals surface area contributed by atoms with Gasteiger partial charge >= 0.3 is 0 Å². The first-order chi connectivity index (χ1) is 8.68. The summed E-state index contributed by atoms with van der Waals surface area (Å²) in [5, 5.41) is 12.7. The quantitative estimate of drug-likeness (QED) is 0.812. The molecule has 1 aromatic heterocycles. The number of pyridine rings is 1. The number of rotatable bonds is 6. The minimum atomic E-state index is -3.68. The molecule has 0 saturated heterocycles. The number of likely N-dealkylation sites (N-methyl/N-ethyl adjacent to an activating group) is 1. The lowest BCUT2D eigenvalue weighted by Gasteiger charge is -2.25. The van der Waals surface area contributed by atoms with E-state index >= 15 is 0 Å². The lowest BCUT2D eigenvalue weighted by Crippen LogP contribution is -2.39. The second-order valence-electron chi connectivity index (χ2n) is 4.95. The SMILES string of the molecule is CCNc1ncccc1S(=O)(=O)N(C)CC(C)(C)O. The highest BCUT2D eigenvalue weighted by Crippen LogP contribution is 2.22. The third-order valence-corrected chi connectivity index (χ3v) is 4.25. The molecule has 0 aromatic carbocycles. The van der Waals surface area contributed by atoms with E-state index in [4.69, 9.17) is 0 Å². The van der Waals surface area contributed by atoms with Gasteiger partial charge in [0.05, 0.1) is 5.60 Å². The van der Waals surface area contributed by atoms with Crippen molar-refractivity contribution in [3.05, 3.63) is 18.3 Å². The van der Waals surface area contributed by atoms with Gasteiger partial charge in [-0.3, -0.25) is 0 Å². The predicted octanol–water partition coefficient (Wildman–Crippen LogP) is 0.905. The minimum Gasteiger partial charge on any atom is -0.389 e. The summed E-state index contributed by atoms with van der Waals surface area (Å²) in [6.07, 6.45) is 1.53. The smallest absolute Gasteiger partial charge is 0.246 e. The maximum absolute atomic E-state index is 12.4. The molecule has 0 saturated carbocycles. The number of aromatic nitrogens is 1. The van der Waals surface area contributed by atoms with E-state index in [9.17, 15) is 13.5 Å². The van der Waals surface area contributed by atoms with E-state index in [1.54, 1.807) is 19.9 Å². The van der Waals surface area contributed by atoms with E-state index in [-0.39, 0.29) is 11.4 Å². The largest absolute Gasteiger partial charge is 0.389 e. The van der Waals surface area contributed by atoms with Crippen LogP contribution >= 0.6 is 0 Å². The topological polar surface area (TPSA) is 82.5 Å². The van der Waals surface area contributed by atoms with Crippen molar-refractivity contribution >= 4 is 15.8 Å². The minimum absolute atomic E-state index is 0.00971. The van der Waals surface area contributed by atoms with Crippen LogP contribution in [-0.4, -0.2) is 48.6 Å². The molecule has 7 heteroatoms. The first-order valence-corrected chi connectivity index (χ1v) is 7.50. The molecule has 1 rings (SSSR count). The van der Waals surface area contributed by atoms with E-state index in [1.165, 1.54) is 19.3 Å². The maximum Gasteiger partial charge on any atom is 0.246 e. The second-order valence-corrected chi connectivity index (χ2v) is 6.97. The molecule has 0 fully saturated rings. The van der Waals surface area contributed by atoms with Crippen molar-refractivity contribution in [1.29, 1.82) is 0 Å². The zero-order valence-electron chi connectivity index (χ0n) is 11.7. The van der Waals surface area contributed by atoms with Gasteiger partial charge in [0.1, 0.15) is 10.7 Å². The molecule has 0 amide bonds. The van der Waals surface area contributed by atoms with Crippen molar-refractivity contribution in [1.82, 2.24) is 9.29 Å². The van der Waals surface area contributed by atoms with Gasteiger partial charge < -0.3 is 10.4 Å². The van der Waals surface area contributed by atoms with Crippen LogP contribution in [0, 0.1) is 0 Å². The number of anilines is 1. The number of hydrogen-bond acceptors (Lipinski definition) is 5. The standard InChI is InChI=1S/C12H21N3O3S/c1-5-13-11-10(7-6-8-14-11)19(17,18)15(4)9-12(2,3)16/h6-8,16H,5,9H2,1-4H3,(H,13,14). The first-order valence-electron chi connectivity index (χ1n) is 6.06. The van der Waals surface area contributed by atoms with E-state index in [1.807, 2.05) is 6.92 Å². The fraction of sp³-hybridized carbons (Fsp3) is 0.583. The second kappa shape index (κ2) is 5.85. The summed E-state index contributed by atoms with van der Waals surface area (Å²) in [6, 6.07) is 3.08. The summed E-state index contributed by atoms with van der Waals surface area (Å²) in [5.74, 6) is 0.326. The molecule has 0 aliphatic rings. The van der Waals surface area contributed by atoms with Crippen molar-refractivity contribution in [2.45, 2.75) is 31.3 Å². The fourth-order valence-electron chi connectivity index (χ4n) is 1.70. The zero-order chi connectivity index (χ0) is 14.7. The van der Waals surface area contributed by atoms with E-state index < -0.39 is 15.6 Å². The Morgan fingerprint density at radius 3 is 2.63 bits per heavy atom. The summed E-state index contributed by atoms with van der Waals surface area (Å²) in [7, 11) is -2.24. The van der Waals surface area contributed by atoms with Gasteiger partial charge in [-0.2, -0.15) is 4.31 Å². The normalized spacial score (nSPS) is 12.7.